The van der Waals surface area contributed by atoms with Gasteiger partial charge in [-0.25, -0.2) is 10.9 Å². The Kier molecular flexibility index (Phi) is 4.77. The predicted octanol–water partition coefficient (Wildman–Crippen LogP) is 3.83. The quantitative estimate of drug-likeness (QED) is 0.501. The summed E-state index contributed by atoms with van der Waals surface area (Å²) in [6, 6.07) is 23.1. The predicted molar refractivity (Wildman–Crippen MR) is 117 cm³/mol. The number of fused-ring (bicyclic) bond motifs is 1. The highest BCUT2D eigenvalue weighted by Gasteiger charge is 2.57. The Morgan fingerprint density at radius 1 is 0.871 bits per heavy atom. The van der Waals surface area contributed by atoms with Crippen LogP contribution in [0.2, 0.25) is 0 Å². The summed E-state index contributed by atoms with van der Waals surface area (Å²) < 4.78 is 0. The molecule has 2 heterocycles. The van der Waals surface area contributed by atoms with E-state index in [9.17, 15) is 14.9 Å². The molecule has 7 heteroatoms. The Balaban J connectivity index is 1.68. The first-order valence-corrected chi connectivity index (χ1v) is 10.3. The highest BCUT2D eigenvalue weighted by Crippen LogP contribution is 2.50. The van der Waals surface area contributed by atoms with Crippen LogP contribution in [0.5, 0.6) is 0 Å². The molecule has 2 fully saturated rings. The van der Waals surface area contributed by atoms with Crippen molar-refractivity contribution in [2.45, 2.75) is 25.0 Å². The van der Waals surface area contributed by atoms with Crippen LogP contribution in [0, 0.1) is 23.0 Å². The molecular formula is C24H22N4O3. The summed E-state index contributed by atoms with van der Waals surface area (Å²) in [5.74, 6) is -0.321. The van der Waals surface area contributed by atoms with Gasteiger partial charge in [-0.05, 0) is 24.6 Å². The van der Waals surface area contributed by atoms with Crippen LogP contribution in [0.4, 0.5) is 11.4 Å². The number of amides is 1. The number of anilines is 1. The molecule has 1 amide bonds. The van der Waals surface area contributed by atoms with Gasteiger partial charge in [0.15, 0.2) is 0 Å². The molecule has 0 saturated carbocycles. The van der Waals surface area contributed by atoms with Gasteiger partial charge in [0.25, 0.3) is 5.69 Å². The maximum absolute atomic E-state index is 13.5. The average Bonchev–Trinajstić information content (AvgIpc) is 3.34. The summed E-state index contributed by atoms with van der Waals surface area (Å²) in [7, 11) is 0. The Hall–Kier alpha value is -3.55. The largest absolute Gasteiger partial charge is 0.303 e. The van der Waals surface area contributed by atoms with E-state index in [2.05, 4.69) is 10.9 Å². The van der Waals surface area contributed by atoms with Crippen LogP contribution in [-0.4, -0.2) is 16.9 Å². The molecule has 2 saturated heterocycles. The van der Waals surface area contributed by atoms with Crippen molar-refractivity contribution in [2.24, 2.45) is 5.92 Å². The average molecular weight is 414 g/mol. The fourth-order valence-corrected chi connectivity index (χ4v) is 4.82. The number of aryl methyl sites for hydroxylation is 1. The standard InChI is InChI=1S/C24H22N4O3/c1-15-11-13-16(14-12-15)21-20-22(26-25-21)24(29)27(17-7-3-2-4-8-17)23(20)18-9-5-6-10-19(18)28(30)31/h2-14,20-23,25-26H,1H3. The lowest BCUT2D eigenvalue weighted by atomic mass is 9.82. The highest BCUT2D eigenvalue weighted by atomic mass is 16.6. The van der Waals surface area contributed by atoms with Gasteiger partial charge < -0.3 is 4.90 Å². The van der Waals surface area contributed by atoms with Crippen molar-refractivity contribution in [3.63, 3.8) is 0 Å². The van der Waals surface area contributed by atoms with E-state index < -0.39 is 12.1 Å². The van der Waals surface area contributed by atoms with Crippen LogP contribution < -0.4 is 15.8 Å². The molecule has 4 unspecified atom stereocenters. The van der Waals surface area contributed by atoms with E-state index in [4.69, 9.17) is 0 Å². The van der Waals surface area contributed by atoms with Crippen LogP contribution >= 0.6 is 0 Å². The van der Waals surface area contributed by atoms with Gasteiger partial charge in [0, 0.05) is 17.7 Å². The molecule has 0 aromatic heterocycles. The van der Waals surface area contributed by atoms with Gasteiger partial charge in [-0.15, -0.1) is 0 Å². The van der Waals surface area contributed by atoms with Gasteiger partial charge in [0.2, 0.25) is 5.91 Å². The highest BCUT2D eigenvalue weighted by molar-refractivity contribution is 6.01. The smallest absolute Gasteiger partial charge is 0.274 e. The zero-order chi connectivity index (χ0) is 21.5. The monoisotopic (exact) mass is 414 g/mol. The number of hydrazine groups is 1. The van der Waals surface area contributed by atoms with E-state index in [1.54, 1.807) is 23.1 Å². The number of nitro benzene ring substituents is 1. The molecule has 0 radical (unpaired) electrons. The summed E-state index contributed by atoms with van der Waals surface area (Å²) >= 11 is 0. The van der Waals surface area contributed by atoms with Crippen LogP contribution in [0.3, 0.4) is 0 Å². The van der Waals surface area contributed by atoms with E-state index in [1.807, 2.05) is 61.5 Å². The van der Waals surface area contributed by atoms with Gasteiger partial charge in [-0.2, -0.15) is 0 Å². The van der Waals surface area contributed by atoms with E-state index >= 15 is 0 Å². The first-order chi connectivity index (χ1) is 15.1. The molecule has 5 rings (SSSR count). The number of rotatable bonds is 4. The summed E-state index contributed by atoms with van der Waals surface area (Å²) in [5, 5.41) is 11.9. The Morgan fingerprint density at radius 2 is 1.52 bits per heavy atom. The second-order valence-corrected chi connectivity index (χ2v) is 8.04. The summed E-state index contributed by atoms with van der Waals surface area (Å²) in [6.07, 6.45) is 0. The summed E-state index contributed by atoms with van der Waals surface area (Å²) in [6.45, 7) is 2.03. The Morgan fingerprint density at radius 3 is 2.23 bits per heavy atom. The number of hydrogen-bond donors (Lipinski definition) is 2. The van der Waals surface area contributed by atoms with E-state index in [1.165, 1.54) is 6.07 Å². The van der Waals surface area contributed by atoms with E-state index in [-0.39, 0.29) is 28.5 Å². The van der Waals surface area contributed by atoms with Gasteiger partial charge >= 0.3 is 0 Å². The molecule has 3 aromatic rings. The number of carbonyl (C=O) groups excluding carboxylic acids is 1. The van der Waals surface area contributed by atoms with Crippen molar-refractivity contribution in [1.82, 2.24) is 10.9 Å². The van der Waals surface area contributed by atoms with Crippen molar-refractivity contribution < 1.29 is 9.72 Å². The van der Waals surface area contributed by atoms with Gasteiger partial charge in [0.1, 0.15) is 6.04 Å². The second-order valence-electron chi connectivity index (χ2n) is 8.04. The molecule has 2 aliphatic heterocycles. The second kappa shape index (κ2) is 7.61. The molecule has 7 nitrogen and oxygen atoms in total. The van der Waals surface area contributed by atoms with Crippen LogP contribution in [0.15, 0.2) is 78.9 Å². The maximum Gasteiger partial charge on any atom is 0.274 e. The summed E-state index contributed by atoms with van der Waals surface area (Å²) in [5.41, 5.74) is 9.93. The first-order valence-electron chi connectivity index (χ1n) is 10.3. The molecule has 31 heavy (non-hydrogen) atoms. The zero-order valence-corrected chi connectivity index (χ0v) is 16.9. The fourth-order valence-electron chi connectivity index (χ4n) is 4.82. The molecule has 156 valence electrons. The van der Waals surface area contributed by atoms with Crippen LogP contribution in [0.25, 0.3) is 0 Å². The lowest BCUT2D eigenvalue weighted by Crippen LogP contribution is -2.41. The van der Waals surface area contributed by atoms with Crippen molar-refractivity contribution >= 4 is 17.3 Å². The number of carbonyl (C=O) groups is 1. The minimum atomic E-state index is -0.490. The van der Waals surface area contributed by atoms with E-state index in [0.29, 0.717) is 5.56 Å². The molecule has 2 N–H and O–H groups in total. The van der Waals surface area contributed by atoms with Crippen LogP contribution in [0.1, 0.15) is 28.8 Å². The van der Waals surface area contributed by atoms with Gasteiger partial charge in [-0.1, -0.05) is 66.2 Å². The Labute approximate surface area is 179 Å². The minimum absolute atomic E-state index is 0.0245. The molecule has 2 aliphatic rings. The zero-order valence-electron chi connectivity index (χ0n) is 16.9. The number of nitrogens with zero attached hydrogens (tertiary/aromatic N) is 2. The third-order valence-electron chi connectivity index (χ3n) is 6.23. The number of nitro groups is 1. The first kappa shape index (κ1) is 19.4. The Bertz CT molecular complexity index is 1130. The SMILES string of the molecule is Cc1ccc(C2NNC3C(=O)N(c4ccccc4)C(c4ccccc4[N+](=O)[O-])C32)cc1. The third-order valence-corrected chi connectivity index (χ3v) is 6.23. The van der Waals surface area contributed by atoms with E-state index in [0.717, 1.165) is 16.8 Å². The molecule has 0 spiro atoms. The lowest BCUT2D eigenvalue weighted by Gasteiger charge is -2.31. The normalized spacial score (nSPS) is 24.9. The number of nitrogens with one attached hydrogen (secondary N) is 2. The third kappa shape index (κ3) is 3.19. The van der Waals surface area contributed by atoms with Crippen molar-refractivity contribution in [1.29, 1.82) is 0 Å². The number of para-hydroxylation sites is 2. The van der Waals surface area contributed by atoms with Crippen LogP contribution in [-0.2, 0) is 4.79 Å². The lowest BCUT2D eigenvalue weighted by molar-refractivity contribution is -0.385. The molecule has 4 atom stereocenters. The minimum Gasteiger partial charge on any atom is -0.303 e. The molecule has 3 aromatic carbocycles. The van der Waals surface area contributed by atoms with Gasteiger partial charge in [0.05, 0.1) is 22.6 Å². The number of hydrogen-bond acceptors (Lipinski definition) is 5. The van der Waals surface area contributed by atoms with Gasteiger partial charge in [-0.3, -0.25) is 14.9 Å². The topological polar surface area (TPSA) is 87.5 Å². The van der Waals surface area contributed by atoms with Crippen molar-refractivity contribution in [3.05, 3.63) is 106 Å². The number of benzene rings is 3. The maximum atomic E-state index is 13.5. The molecule has 0 aliphatic carbocycles. The fraction of sp³-hybridized carbons (Fsp3) is 0.208. The summed E-state index contributed by atoms with van der Waals surface area (Å²) in [4.78, 5) is 26.7. The van der Waals surface area contributed by atoms with Crippen molar-refractivity contribution in [2.75, 3.05) is 4.90 Å². The van der Waals surface area contributed by atoms with Crippen molar-refractivity contribution in [3.8, 4) is 0 Å². The molecule has 0 bridgehead atoms. The molecular weight excluding hydrogens is 392 g/mol.